The van der Waals surface area contributed by atoms with Crippen molar-refractivity contribution in [3.8, 4) is 17.2 Å². The first-order valence-corrected chi connectivity index (χ1v) is 8.76. The number of piperazine rings is 1. The highest BCUT2D eigenvalue weighted by molar-refractivity contribution is 5.80. The van der Waals surface area contributed by atoms with E-state index in [4.69, 9.17) is 14.2 Å². The van der Waals surface area contributed by atoms with E-state index in [9.17, 15) is 9.90 Å². The van der Waals surface area contributed by atoms with Crippen LogP contribution in [-0.2, 0) is 11.4 Å². The molecule has 2 N–H and O–H groups in total. The van der Waals surface area contributed by atoms with Gasteiger partial charge in [-0.25, -0.2) is 4.79 Å². The van der Waals surface area contributed by atoms with Crippen molar-refractivity contribution in [1.82, 2.24) is 5.32 Å². The lowest BCUT2D eigenvalue weighted by Gasteiger charge is -2.36. The first-order chi connectivity index (χ1) is 13.1. The van der Waals surface area contributed by atoms with E-state index in [1.165, 1.54) is 0 Å². The normalized spacial score (nSPS) is 16.7. The monoisotopic (exact) mass is 372 g/mol. The number of aliphatic carboxylic acids is 1. The molecule has 0 aromatic heterocycles. The summed E-state index contributed by atoms with van der Waals surface area (Å²) in [6.07, 6.45) is 0. The van der Waals surface area contributed by atoms with Gasteiger partial charge in [-0.3, -0.25) is 0 Å². The first kappa shape index (κ1) is 18.8. The molecule has 144 valence electrons. The van der Waals surface area contributed by atoms with Crippen molar-refractivity contribution in [3.63, 3.8) is 0 Å². The molecule has 0 spiro atoms. The molecule has 2 aromatic carbocycles. The van der Waals surface area contributed by atoms with E-state index in [0.717, 1.165) is 17.8 Å². The lowest BCUT2D eigenvalue weighted by atomic mass is 10.1. The summed E-state index contributed by atoms with van der Waals surface area (Å²) in [6.45, 7) is 2.04. The number of carboxylic acids is 1. The van der Waals surface area contributed by atoms with Crippen molar-refractivity contribution in [3.05, 3.63) is 48.0 Å². The van der Waals surface area contributed by atoms with E-state index in [-0.39, 0.29) is 0 Å². The molecule has 1 fully saturated rings. The number of nitrogens with zero attached hydrogens (tertiary/aromatic N) is 1. The van der Waals surface area contributed by atoms with Gasteiger partial charge in [-0.2, -0.15) is 0 Å². The molecule has 7 heteroatoms. The summed E-state index contributed by atoms with van der Waals surface area (Å²) in [5.74, 6) is 1.17. The van der Waals surface area contributed by atoms with Crippen LogP contribution in [-0.4, -0.2) is 51.0 Å². The molecule has 7 nitrogen and oxygen atoms in total. The fraction of sp³-hybridized carbons (Fsp3) is 0.350. The van der Waals surface area contributed by atoms with Crippen LogP contribution in [0.25, 0.3) is 0 Å². The van der Waals surface area contributed by atoms with Crippen LogP contribution in [0.15, 0.2) is 42.5 Å². The van der Waals surface area contributed by atoms with E-state index in [1.54, 1.807) is 20.3 Å². The molecule has 1 unspecified atom stereocenters. The van der Waals surface area contributed by atoms with E-state index < -0.39 is 12.0 Å². The van der Waals surface area contributed by atoms with Gasteiger partial charge in [0.15, 0.2) is 0 Å². The van der Waals surface area contributed by atoms with Crippen molar-refractivity contribution in [1.29, 1.82) is 0 Å². The minimum absolute atomic E-state index is 0.314. The maximum atomic E-state index is 11.6. The van der Waals surface area contributed by atoms with Crippen LogP contribution in [0, 0.1) is 0 Å². The fourth-order valence-corrected chi connectivity index (χ4v) is 3.14. The molecular weight excluding hydrogens is 348 g/mol. The highest BCUT2D eigenvalue weighted by Crippen LogP contribution is 2.31. The van der Waals surface area contributed by atoms with Gasteiger partial charge in [0.2, 0.25) is 0 Å². The number of hydrogen-bond acceptors (Lipinski definition) is 6. The quantitative estimate of drug-likeness (QED) is 0.771. The van der Waals surface area contributed by atoms with Crippen LogP contribution in [0.3, 0.4) is 0 Å². The summed E-state index contributed by atoms with van der Waals surface area (Å²) in [5, 5.41) is 12.7. The summed E-state index contributed by atoms with van der Waals surface area (Å²) in [6, 6.07) is 12.5. The second-order valence-corrected chi connectivity index (χ2v) is 6.23. The Morgan fingerprint density at radius 1 is 1.19 bits per heavy atom. The third-order valence-electron chi connectivity index (χ3n) is 4.51. The van der Waals surface area contributed by atoms with Gasteiger partial charge in [0.1, 0.15) is 29.9 Å². The molecule has 1 aliphatic rings. The van der Waals surface area contributed by atoms with Crippen molar-refractivity contribution < 1.29 is 24.1 Å². The number of ether oxygens (including phenoxy) is 3. The third-order valence-corrected chi connectivity index (χ3v) is 4.51. The van der Waals surface area contributed by atoms with E-state index in [2.05, 4.69) is 5.32 Å². The highest BCUT2D eigenvalue weighted by atomic mass is 16.5. The number of benzene rings is 2. The zero-order valence-electron chi connectivity index (χ0n) is 15.5. The average molecular weight is 372 g/mol. The van der Waals surface area contributed by atoms with E-state index >= 15 is 0 Å². The van der Waals surface area contributed by atoms with Gasteiger partial charge in [0.25, 0.3) is 0 Å². The Balaban J connectivity index is 1.81. The summed E-state index contributed by atoms with van der Waals surface area (Å²) >= 11 is 0. The Morgan fingerprint density at radius 3 is 2.56 bits per heavy atom. The number of carboxylic acid groups (broad SMARTS) is 1. The Labute approximate surface area is 158 Å². The van der Waals surface area contributed by atoms with Crippen LogP contribution < -0.4 is 24.4 Å². The van der Waals surface area contributed by atoms with Crippen LogP contribution in [0.1, 0.15) is 5.56 Å². The average Bonchev–Trinajstić information content (AvgIpc) is 2.72. The van der Waals surface area contributed by atoms with Crippen LogP contribution in [0.4, 0.5) is 5.69 Å². The number of rotatable bonds is 7. The number of hydrogen-bond donors (Lipinski definition) is 2. The molecule has 1 aliphatic heterocycles. The molecule has 3 rings (SSSR count). The predicted octanol–water partition coefficient (Wildman–Crippen LogP) is 2.15. The van der Waals surface area contributed by atoms with Gasteiger partial charge >= 0.3 is 5.97 Å². The van der Waals surface area contributed by atoms with Gasteiger partial charge in [0, 0.05) is 25.7 Å². The second kappa shape index (κ2) is 8.64. The zero-order valence-corrected chi connectivity index (χ0v) is 15.5. The van der Waals surface area contributed by atoms with Gasteiger partial charge in [0.05, 0.1) is 19.9 Å². The summed E-state index contributed by atoms with van der Waals surface area (Å²) in [7, 11) is 3.20. The maximum absolute atomic E-state index is 11.6. The maximum Gasteiger partial charge on any atom is 0.327 e. The summed E-state index contributed by atoms with van der Waals surface area (Å²) in [4.78, 5) is 13.5. The SMILES string of the molecule is COc1cc(COc2ccccc2N2CCNCC2C(=O)O)cc(OC)c1. The molecule has 2 aromatic rings. The van der Waals surface area contributed by atoms with Crippen molar-refractivity contribution in [2.75, 3.05) is 38.8 Å². The van der Waals surface area contributed by atoms with Crippen LogP contribution in [0.5, 0.6) is 17.2 Å². The van der Waals surface area contributed by atoms with Crippen LogP contribution in [0.2, 0.25) is 0 Å². The van der Waals surface area contributed by atoms with Crippen molar-refractivity contribution in [2.24, 2.45) is 0 Å². The number of anilines is 1. The number of carbonyl (C=O) groups is 1. The topological polar surface area (TPSA) is 80.3 Å². The molecule has 0 amide bonds. The molecule has 27 heavy (non-hydrogen) atoms. The first-order valence-electron chi connectivity index (χ1n) is 8.76. The molecular formula is C20H24N2O5. The van der Waals surface area contributed by atoms with E-state index in [0.29, 0.717) is 36.9 Å². The van der Waals surface area contributed by atoms with Gasteiger partial charge in [-0.15, -0.1) is 0 Å². The third kappa shape index (κ3) is 4.43. The van der Waals surface area contributed by atoms with Gasteiger partial charge < -0.3 is 29.5 Å². The number of para-hydroxylation sites is 2. The number of nitrogens with one attached hydrogen (secondary N) is 1. The minimum Gasteiger partial charge on any atom is -0.497 e. The largest absolute Gasteiger partial charge is 0.497 e. The minimum atomic E-state index is -0.852. The predicted molar refractivity (Wildman–Crippen MR) is 102 cm³/mol. The molecule has 0 saturated carbocycles. The lowest BCUT2D eigenvalue weighted by molar-refractivity contribution is -0.138. The molecule has 1 saturated heterocycles. The van der Waals surface area contributed by atoms with Gasteiger partial charge in [-0.1, -0.05) is 12.1 Å². The lowest BCUT2D eigenvalue weighted by Crippen LogP contribution is -2.55. The fourth-order valence-electron chi connectivity index (χ4n) is 3.14. The molecule has 1 atom stereocenters. The van der Waals surface area contributed by atoms with Crippen LogP contribution >= 0.6 is 0 Å². The Bertz CT molecular complexity index is 773. The highest BCUT2D eigenvalue weighted by Gasteiger charge is 2.30. The molecule has 0 aliphatic carbocycles. The Kier molecular flexibility index (Phi) is 6.03. The van der Waals surface area contributed by atoms with E-state index in [1.807, 2.05) is 41.3 Å². The summed E-state index contributed by atoms with van der Waals surface area (Å²) < 4.78 is 16.6. The Hall–Kier alpha value is -2.93. The molecule has 0 radical (unpaired) electrons. The standard InChI is InChI=1S/C20H24N2O5/c1-25-15-9-14(10-16(11-15)26-2)13-27-19-6-4-3-5-17(19)22-8-7-21-12-18(22)20(23)24/h3-6,9-11,18,21H,7-8,12-13H2,1-2H3,(H,23,24). The van der Waals surface area contributed by atoms with Gasteiger partial charge in [-0.05, 0) is 29.8 Å². The zero-order chi connectivity index (χ0) is 19.2. The van der Waals surface area contributed by atoms with Crippen molar-refractivity contribution >= 4 is 11.7 Å². The summed E-state index contributed by atoms with van der Waals surface area (Å²) in [5.41, 5.74) is 1.68. The second-order valence-electron chi connectivity index (χ2n) is 6.23. The molecule has 0 bridgehead atoms. The van der Waals surface area contributed by atoms with Crippen molar-refractivity contribution in [2.45, 2.75) is 12.6 Å². The molecule has 1 heterocycles. The number of methoxy groups -OCH3 is 2. The Morgan fingerprint density at radius 2 is 1.89 bits per heavy atom. The smallest absolute Gasteiger partial charge is 0.327 e.